The van der Waals surface area contributed by atoms with Crippen LogP contribution in [0, 0.1) is 17.2 Å². The normalized spacial score (nSPS) is 25.5. The van der Waals surface area contributed by atoms with Crippen LogP contribution in [-0.4, -0.2) is 5.78 Å². The zero-order valence-electron chi connectivity index (χ0n) is 11.4. The van der Waals surface area contributed by atoms with Gasteiger partial charge in [0.25, 0.3) is 0 Å². The second-order valence-corrected chi connectivity index (χ2v) is 7.22. The van der Waals surface area contributed by atoms with Crippen molar-refractivity contribution in [3.05, 3.63) is 43.6 Å². The van der Waals surface area contributed by atoms with Crippen LogP contribution in [0.5, 0.6) is 0 Å². The molecule has 1 aliphatic carbocycles. The van der Waals surface area contributed by atoms with E-state index in [0.717, 1.165) is 9.35 Å². The van der Waals surface area contributed by atoms with E-state index in [1.54, 1.807) is 0 Å². The van der Waals surface area contributed by atoms with E-state index in [-0.39, 0.29) is 17.6 Å². The average molecular weight is 365 g/mol. The summed E-state index contributed by atoms with van der Waals surface area (Å²) in [6.45, 7) is 2.02. The molecular formula is C15H13BrN2O2S. The van der Waals surface area contributed by atoms with Gasteiger partial charge in [-0.25, -0.2) is 0 Å². The predicted octanol–water partition coefficient (Wildman–Crippen LogP) is 3.57. The van der Waals surface area contributed by atoms with Gasteiger partial charge in [-0.1, -0.05) is 6.92 Å². The first kappa shape index (κ1) is 14.4. The van der Waals surface area contributed by atoms with Crippen molar-refractivity contribution in [3.8, 4) is 6.07 Å². The van der Waals surface area contributed by atoms with Crippen LogP contribution in [-0.2, 0) is 9.53 Å². The number of hydrogen-bond acceptors (Lipinski definition) is 5. The molecule has 0 amide bonds. The molecule has 0 saturated carbocycles. The Hall–Kier alpha value is -1.58. The summed E-state index contributed by atoms with van der Waals surface area (Å²) in [6.07, 6.45) is 1.17. The number of carbonyl (C=O) groups is 1. The highest BCUT2D eigenvalue weighted by Crippen LogP contribution is 2.46. The highest BCUT2D eigenvalue weighted by atomic mass is 79.9. The fourth-order valence-electron chi connectivity index (χ4n) is 2.86. The lowest BCUT2D eigenvalue weighted by molar-refractivity contribution is -0.117. The van der Waals surface area contributed by atoms with Crippen LogP contribution in [0.2, 0.25) is 0 Å². The van der Waals surface area contributed by atoms with Crippen molar-refractivity contribution >= 4 is 33.0 Å². The lowest BCUT2D eigenvalue weighted by atomic mass is 9.78. The third kappa shape index (κ3) is 2.41. The molecule has 1 aromatic rings. The first-order valence-electron chi connectivity index (χ1n) is 6.59. The molecule has 2 heterocycles. The SMILES string of the molecule is C[C@H]1CC(=O)C2=C(C1)OC(N)=C(C#N)[C@H]2c1cc(Br)cs1. The van der Waals surface area contributed by atoms with E-state index in [1.807, 2.05) is 18.4 Å². The van der Waals surface area contributed by atoms with E-state index >= 15 is 0 Å². The van der Waals surface area contributed by atoms with Crippen molar-refractivity contribution < 1.29 is 9.53 Å². The summed E-state index contributed by atoms with van der Waals surface area (Å²) in [5.41, 5.74) is 6.83. The molecule has 0 saturated heterocycles. The average Bonchev–Trinajstić information content (AvgIpc) is 2.83. The Morgan fingerprint density at radius 1 is 1.52 bits per heavy atom. The molecule has 0 bridgehead atoms. The third-order valence-electron chi connectivity index (χ3n) is 3.74. The van der Waals surface area contributed by atoms with E-state index in [9.17, 15) is 10.1 Å². The maximum Gasteiger partial charge on any atom is 0.205 e. The largest absolute Gasteiger partial charge is 0.444 e. The fourth-order valence-corrected chi connectivity index (χ4v) is 4.42. The van der Waals surface area contributed by atoms with Gasteiger partial charge in [0.05, 0.1) is 5.92 Å². The van der Waals surface area contributed by atoms with Gasteiger partial charge in [0.2, 0.25) is 5.88 Å². The number of ether oxygens (including phenoxy) is 1. The highest BCUT2D eigenvalue weighted by Gasteiger charge is 2.40. The minimum absolute atomic E-state index is 0.0542. The van der Waals surface area contributed by atoms with Gasteiger partial charge in [-0.15, -0.1) is 11.3 Å². The number of Topliss-reactive ketones (excluding diaryl/α,β-unsaturated/α-hetero) is 1. The van der Waals surface area contributed by atoms with Crippen molar-refractivity contribution in [1.82, 2.24) is 0 Å². The fraction of sp³-hybridized carbons (Fsp3) is 0.333. The number of nitriles is 1. The standard InChI is InChI=1S/C15H13BrN2O2S/c1-7-2-10(19)14-11(3-7)20-15(18)9(5-17)13(14)12-4-8(16)6-21-12/h4,6-7,13H,2-3,18H2,1H3/t7-,13-/m0/s1. The highest BCUT2D eigenvalue weighted by molar-refractivity contribution is 9.10. The Bertz CT molecular complexity index is 726. The molecule has 4 nitrogen and oxygen atoms in total. The molecule has 3 rings (SSSR count). The monoisotopic (exact) mass is 364 g/mol. The van der Waals surface area contributed by atoms with Crippen LogP contribution < -0.4 is 5.73 Å². The molecule has 0 fully saturated rings. The molecule has 1 aromatic heterocycles. The van der Waals surface area contributed by atoms with Gasteiger partial charge >= 0.3 is 0 Å². The molecule has 2 N–H and O–H groups in total. The summed E-state index contributed by atoms with van der Waals surface area (Å²) < 4.78 is 6.51. The van der Waals surface area contributed by atoms with Crippen molar-refractivity contribution in [2.24, 2.45) is 11.7 Å². The van der Waals surface area contributed by atoms with Crippen molar-refractivity contribution in [1.29, 1.82) is 5.26 Å². The van der Waals surface area contributed by atoms with E-state index in [4.69, 9.17) is 10.5 Å². The van der Waals surface area contributed by atoms with Crippen LogP contribution >= 0.6 is 27.3 Å². The second-order valence-electron chi connectivity index (χ2n) is 5.37. The second kappa shape index (κ2) is 5.32. The molecule has 108 valence electrons. The predicted molar refractivity (Wildman–Crippen MR) is 83.1 cm³/mol. The van der Waals surface area contributed by atoms with Gasteiger partial charge in [0.1, 0.15) is 17.4 Å². The number of hydrogen-bond donors (Lipinski definition) is 1. The number of nitrogens with zero attached hydrogens (tertiary/aromatic N) is 1. The summed E-state index contributed by atoms with van der Waals surface area (Å²) in [6, 6.07) is 4.04. The quantitative estimate of drug-likeness (QED) is 0.826. The van der Waals surface area contributed by atoms with Gasteiger partial charge in [0, 0.05) is 33.1 Å². The molecule has 21 heavy (non-hydrogen) atoms. The maximum atomic E-state index is 12.5. The third-order valence-corrected chi connectivity index (χ3v) is 5.50. The van der Waals surface area contributed by atoms with Gasteiger partial charge < -0.3 is 10.5 Å². The zero-order valence-corrected chi connectivity index (χ0v) is 13.8. The van der Waals surface area contributed by atoms with E-state index < -0.39 is 5.92 Å². The van der Waals surface area contributed by atoms with Crippen LogP contribution in [0.1, 0.15) is 30.6 Å². The Morgan fingerprint density at radius 3 is 2.90 bits per heavy atom. The van der Waals surface area contributed by atoms with Gasteiger partial charge in [-0.3, -0.25) is 4.79 Å². The topological polar surface area (TPSA) is 76.1 Å². The summed E-state index contributed by atoms with van der Waals surface area (Å²) in [5.74, 6) is 0.648. The molecule has 2 atom stereocenters. The molecule has 0 spiro atoms. The molecule has 0 radical (unpaired) electrons. The summed E-state index contributed by atoms with van der Waals surface area (Å²) in [5, 5.41) is 11.4. The molecule has 0 unspecified atom stereocenters. The lowest BCUT2D eigenvalue weighted by Crippen LogP contribution is -2.29. The van der Waals surface area contributed by atoms with E-state index in [2.05, 4.69) is 22.0 Å². The minimum atomic E-state index is -0.393. The first-order valence-corrected chi connectivity index (χ1v) is 8.26. The Labute approximate surface area is 135 Å². The number of rotatable bonds is 1. The van der Waals surface area contributed by atoms with Crippen LogP contribution in [0.3, 0.4) is 0 Å². The van der Waals surface area contributed by atoms with E-state index in [1.165, 1.54) is 11.3 Å². The zero-order chi connectivity index (χ0) is 15.1. The molecule has 6 heteroatoms. The van der Waals surface area contributed by atoms with Gasteiger partial charge in [-0.05, 0) is 27.9 Å². The summed E-state index contributed by atoms with van der Waals surface area (Å²) in [4.78, 5) is 13.4. The Balaban J connectivity index is 2.17. The number of nitrogens with two attached hydrogens (primary N) is 1. The van der Waals surface area contributed by atoms with E-state index in [0.29, 0.717) is 29.7 Å². The number of carbonyl (C=O) groups excluding carboxylic acids is 1. The molecule has 1 aliphatic heterocycles. The summed E-state index contributed by atoms with van der Waals surface area (Å²) >= 11 is 4.92. The number of ketones is 1. The molecule has 0 aromatic carbocycles. The lowest BCUT2D eigenvalue weighted by Gasteiger charge is -2.32. The minimum Gasteiger partial charge on any atom is -0.444 e. The summed E-state index contributed by atoms with van der Waals surface area (Å²) in [7, 11) is 0. The van der Waals surface area contributed by atoms with Crippen molar-refractivity contribution in [3.63, 3.8) is 0 Å². The van der Waals surface area contributed by atoms with Crippen LogP contribution in [0.15, 0.2) is 38.7 Å². The maximum absolute atomic E-state index is 12.5. The van der Waals surface area contributed by atoms with Crippen molar-refractivity contribution in [2.75, 3.05) is 0 Å². The Morgan fingerprint density at radius 2 is 2.29 bits per heavy atom. The smallest absolute Gasteiger partial charge is 0.205 e. The van der Waals surface area contributed by atoms with Crippen molar-refractivity contribution in [2.45, 2.75) is 25.7 Å². The number of allylic oxidation sites excluding steroid dienone is 3. The number of halogens is 1. The first-order chi connectivity index (χ1) is 10.0. The van der Waals surface area contributed by atoms with Crippen LogP contribution in [0.25, 0.3) is 0 Å². The molecule has 2 aliphatic rings. The Kier molecular flexibility index (Phi) is 3.64. The van der Waals surface area contributed by atoms with Crippen LogP contribution in [0.4, 0.5) is 0 Å². The number of thiophene rings is 1. The van der Waals surface area contributed by atoms with Gasteiger partial charge in [0.15, 0.2) is 5.78 Å². The molecular weight excluding hydrogens is 352 g/mol. The van der Waals surface area contributed by atoms with Gasteiger partial charge in [-0.2, -0.15) is 5.26 Å².